The lowest BCUT2D eigenvalue weighted by Gasteiger charge is -2.12. The van der Waals surface area contributed by atoms with Gasteiger partial charge in [0.05, 0.1) is 38.9 Å². The molecule has 7 nitrogen and oxygen atoms in total. The third-order valence-corrected chi connectivity index (χ3v) is 3.98. The van der Waals surface area contributed by atoms with Crippen LogP contribution in [0.3, 0.4) is 0 Å². The van der Waals surface area contributed by atoms with Gasteiger partial charge in [0.25, 0.3) is 0 Å². The van der Waals surface area contributed by atoms with Crippen LogP contribution in [0.5, 0.6) is 17.2 Å². The number of aromatic amines is 1. The van der Waals surface area contributed by atoms with Gasteiger partial charge in [0, 0.05) is 6.08 Å². The smallest absolute Gasteiger partial charge is 0.244 e. The third kappa shape index (κ3) is 4.20. The summed E-state index contributed by atoms with van der Waals surface area (Å²) in [7, 11) is 4.64. The summed E-state index contributed by atoms with van der Waals surface area (Å²) in [5.74, 6) is 2.03. The molecule has 0 saturated heterocycles. The fourth-order valence-corrected chi connectivity index (χ4v) is 2.69. The molecule has 2 N–H and O–H groups in total. The van der Waals surface area contributed by atoms with Gasteiger partial charge < -0.3 is 24.5 Å². The fourth-order valence-electron chi connectivity index (χ4n) is 2.69. The minimum Gasteiger partial charge on any atom is -0.493 e. The van der Waals surface area contributed by atoms with Crippen molar-refractivity contribution in [2.45, 2.75) is 6.54 Å². The summed E-state index contributed by atoms with van der Waals surface area (Å²) >= 11 is 0. The van der Waals surface area contributed by atoms with Crippen LogP contribution < -0.4 is 19.5 Å². The van der Waals surface area contributed by atoms with Crippen LogP contribution in [0.25, 0.3) is 17.1 Å². The molecule has 0 radical (unpaired) electrons. The number of ether oxygens (including phenoxy) is 3. The van der Waals surface area contributed by atoms with E-state index in [9.17, 15) is 4.79 Å². The number of methoxy groups -OCH3 is 3. The molecule has 7 heteroatoms. The Kier molecular flexibility index (Phi) is 5.61. The highest BCUT2D eigenvalue weighted by Crippen LogP contribution is 2.38. The summed E-state index contributed by atoms with van der Waals surface area (Å²) < 4.78 is 15.9. The number of para-hydroxylation sites is 2. The van der Waals surface area contributed by atoms with E-state index in [1.54, 1.807) is 39.5 Å². The largest absolute Gasteiger partial charge is 0.493 e. The first-order chi connectivity index (χ1) is 13.1. The Morgan fingerprint density at radius 2 is 1.81 bits per heavy atom. The van der Waals surface area contributed by atoms with E-state index >= 15 is 0 Å². The highest BCUT2D eigenvalue weighted by molar-refractivity contribution is 5.91. The standard InChI is InChI=1S/C20H21N3O4/c1-25-16-10-13(11-17(26-2)20(16)27-3)8-9-19(24)21-12-18-22-14-6-4-5-7-15(14)23-18/h4-11H,12H2,1-3H3,(H,21,24)(H,22,23). The van der Waals surface area contributed by atoms with Crippen LogP contribution >= 0.6 is 0 Å². The van der Waals surface area contributed by atoms with Crippen LogP contribution in [0.15, 0.2) is 42.5 Å². The Labute approximate surface area is 157 Å². The second-order valence-corrected chi connectivity index (χ2v) is 5.71. The van der Waals surface area contributed by atoms with Crippen molar-refractivity contribution >= 4 is 23.0 Å². The van der Waals surface area contributed by atoms with Gasteiger partial charge in [0.1, 0.15) is 5.82 Å². The maximum atomic E-state index is 12.1. The predicted molar refractivity (Wildman–Crippen MR) is 103 cm³/mol. The average Bonchev–Trinajstić information content (AvgIpc) is 3.12. The average molecular weight is 367 g/mol. The molecule has 0 spiro atoms. The maximum Gasteiger partial charge on any atom is 0.244 e. The fraction of sp³-hybridized carbons (Fsp3) is 0.200. The Bertz CT molecular complexity index is 920. The minimum atomic E-state index is -0.232. The lowest BCUT2D eigenvalue weighted by atomic mass is 10.1. The molecule has 0 unspecified atom stereocenters. The van der Waals surface area contributed by atoms with E-state index in [2.05, 4.69) is 15.3 Å². The number of nitrogens with zero attached hydrogens (tertiary/aromatic N) is 1. The Morgan fingerprint density at radius 3 is 2.44 bits per heavy atom. The van der Waals surface area contributed by atoms with Crippen molar-refractivity contribution < 1.29 is 19.0 Å². The first-order valence-electron chi connectivity index (χ1n) is 8.34. The first-order valence-corrected chi connectivity index (χ1v) is 8.34. The summed E-state index contributed by atoms with van der Waals surface area (Å²) in [6.07, 6.45) is 3.13. The summed E-state index contributed by atoms with van der Waals surface area (Å²) in [5.41, 5.74) is 2.56. The summed E-state index contributed by atoms with van der Waals surface area (Å²) in [6, 6.07) is 11.3. The Balaban J connectivity index is 1.67. The second kappa shape index (κ2) is 8.27. The molecular formula is C20H21N3O4. The third-order valence-electron chi connectivity index (χ3n) is 3.98. The monoisotopic (exact) mass is 367 g/mol. The molecule has 0 aliphatic carbocycles. The van der Waals surface area contributed by atoms with Crippen LogP contribution in [0, 0.1) is 0 Å². The molecule has 3 aromatic rings. The molecule has 0 aliphatic heterocycles. The van der Waals surface area contributed by atoms with Gasteiger partial charge in [-0.2, -0.15) is 0 Å². The van der Waals surface area contributed by atoms with Crippen LogP contribution in [0.1, 0.15) is 11.4 Å². The highest BCUT2D eigenvalue weighted by atomic mass is 16.5. The zero-order valence-corrected chi connectivity index (χ0v) is 15.4. The molecule has 1 aromatic heterocycles. The number of benzene rings is 2. The van der Waals surface area contributed by atoms with Crippen molar-refractivity contribution in [2.24, 2.45) is 0 Å². The summed E-state index contributed by atoms with van der Waals surface area (Å²) in [6.45, 7) is 0.313. The van der Waals surface area contributed by atoms with Gasteiger partial charge >= 0.3 is 0 Å². The molecule has 1 heterocycles. The van der Waals surface area contributed by atoms with Gasteiger partial charge in [-0.25, -0.2) is 4.98 Å². The van der Waals surface area contributed by atoms with E-state index in [-0.39, 0.29) is 5.91 Å². The zero-order chi connectivity index (χ0) is 19.2. The van der Waals surface area contributed by atoms with Crippen molar-refractivity contribution in [3.05, 3.63) is 53.9 Å². The van der Waals surface area contributed by atoms with Crippen molar-refractivity contribution in [2.75, 3.05) is 21.3 Å². The number of amides is 1. The van der Waals surface area contributed by atoms with Gasteiger partial charge in [-0.3, -0.25) is 4.79 Å². The topological polar surface area (TPSA) is 85.5 Å². The molecule has 140 valence electrons. The minimum absolute atomic E-state index is 0.232. The van der Waals surface area contributed by atoms with Crippen molar-refractivity contribution in [1.29, 1.82) is 0 Å². The summed E-state index contributed by atoms with van der Waals surface area (Å²) in [5, 5.41) is 2.80. The molecule has 0 atom stereocenters. The number of hydrogen-bond acceptors (Lipinski definition) is 5. The quantitative estimate of drug-likeness (QED) is 0.627. The van der Waals surface area contributed by atoms with E-state index in [0.717, 1.165) is 16.6 Å². The molecule has 0 fully saturated rings. The number of carbonyl (C=O) groups is 1. The molecule has 0 bridgehead atoms. The SMILES string of the molecule is COc1cc(C=CC(=O)NCc2nc3ccccc3[nH]2)cc(OC)c1OC. The van der Waals surface area contributed by atoms with E-state index in [1.807, 2.05) is 24.3 Å². The lowest BCUT2D eigenvalue weighted by molar-refractivity contribution is -0.116. The molecule has 0 saturated carbocycles. The van der Waals surface area contributed by atoms with Crippen LogP contribution in [-0.2, 0) is 11.3 Å². The number of H-pyrrole nitrogens is 1. The maximum absolute atomic E-state index is 12.1. The van der Waals surface area contributed by atoms with Crippen molar-refractivity contribution in [1.82, 2.24) is 15.3 Å². The number of fused-ring (bicyclic) bond motifs is 1. The predicted octanol–water partition coefficient (Wildman–Crippen LogP) is 2.92. The van der Waals surface area contributed by atoms with Gasteiger partial charge in [-0.1, -0.05) is 12.1 Å². The van der Waals surface area contributed by atoms with E-state index < -0.39 is 0 Å². The van der Waals surface area contributed by atoms with Crippen LogP contribution in [0.2, 0.25) is 0 Å². The number of carbonyl (C=O) groups excluding carboxylic acids is 1. The normalized spacial score (nSPS) is 10.9. The van der Waals surface area contributed by atoms with Gasteiger partial charge in [0.2, 0.25) is 11.7 Å². The van der Waals surface area contributed by atoms with Crippen molar-refractivity contribution in [3.63, 3.8) is 0 Å². The highest BCUT2D eigenvalue weighted by Gasteiger charge is 2.12. The molecule has 1 amide bonds. The van der Waals surface area contributed by atoms with Crippen LogP contribution in [0.4, 0.5) is 0 Å². The van der Waals surface area contributed by atoms with E-state index in [1.165, 1.54) is 6.08 Å². The first kappa shape index (κ1) is 18.3. The molecule has 2 aromatic carbocycles. The Hall–Kier alpha value is -3.48. The van der Waals surface area contributed by atoms with Gasteiger partial charge in [-0.15, -0.1) is 0 Å². The molecule has 0 aliphatic rings. The van der Waals surface area contributed by atoms with Gasteiger partial charge in [-0.05, 0) is 35.9 Å². The van der Waals surface area contributed by atoms with Crippen LogP contribution in [-0.4, -0.2) is 37.2 Å². The molecular weight excluding hydrogens is 346 g/mol. The van der Waals surface area contributed by atoms with Crippen molar-refractivity contribution in [3.8, 4) is 17.2 Å². The second-order valence-electron chi connectivity index (χ2n) is 5.71. The number of aromatic nitrogens is 2. The molecule has 27 heavy (non-hydrogen) atoms. The molecule has 3 rings (SSSR count). The van der Waals surface area contributed by atoms with Gasteiger partial charge in [0.15, 0.2) is 11.5 Å². The summed E-state index contributed by atoms with van der Waals surface area (Å²) in [4.78, 5) is 19.7. The number of hydrogen-bond donors (Lipinski definition) is 2. The zero-order valence-electron chi connectivity index (χ0n) is 15.4. The lowest BCUT2D eigenvalue weighted by Crippen LogP contribution is -2.20. The van der Waals surface area contributed by atoms with E-state index in [4.69, 9.17) is 14.2 Å². The van der Waals surface area contributed by atoms with E-state index in [0.29, 0.717) is 29.6 Å². The number of imidazole rings is 1. The Morgan fingerprint density at radius 1 is 1.11 bits per heavy atom. The number of nitrogens with one attached hydrogen (secondary N) is 2. The number of rotatable bonds is 7.